The molecule has 1 amide bonds. The van der Waals surface area contributed by atoms with Gasteiger partial charge >= 0.3 is 11.9 Å². The Morgan fingerprint density at radius 3 is 2.55 bits per heavy atom. The topological polar surface area (TPSA) is 81.7 Å². The number of hydrogen-bond acceptors (Lipinski definition) is 6. The summed E-state index contributed by atoms with van der Waals surface area (Å²) in [5.74, 6) is -1.21. The predicted molar refractivity (Wildman–Crippen MR) is 127 cm³/mol. The van der Waals surface area contributed by atoms with Crippen LogP contribution >= 0.6 is 11.3 Å². The van der Waals surface area contributed by atoms with E-state index in [1.807, 2.05) is 45.0 Å². The van der Waals surface area contributed by atoms with Crippen LogP contribution in [-0.2, 0) is 15.9 Å². The minimum absolute atomic E-state index is 0.254. The third kappa shape index (κ3) is 4.54. The molecule has 0 saturated heterocycles. The Bertz CT molecular complexity index is 1240. The van der Waals surface area contributed by atoms with E-state index in [9.17, 15) is 14.4 Å². The number of fused-ring (bicyclic) bond motifs is 1. The van der Waals surface area contributed by atoms with Gasteiger partial charge in [0.2, 0.25) is 0 Å². The maximum atomic E-state index is 13.1. The normalized spacial score (nSPS) is 14.9. The van der Waals surface area contributed by atoms with E-state index in [0.717, 1.165) is 27.1 Å². The number of benzene rings is 2. The Labute approximate surface area is 196 Å². The molecule has 4 rings (SSSR count). The second-order valence-corrected chi connectivity index (χ2v) is 9.27. The first kappa shape index (κ1) is 22.7. The Kier molecular flexibility index (Phi) is 6.33. The first-order valence-corrected chi connectivity index (χ1v) is 11.6. The average Bonchev–Trinajstić information content (AvgIpc) is 3.06. The quantitative estimate of drug-likeness (QED) is 0.501. The van der Waals surface area contributed by atoms with Gasteiger partial charge in [0.25, 0.3) is 5.91 Å². The van der Waals surface area contributed by atoms with Gasteiger partial charge in [-0.2, -0.15) is 0 Å². The highest BCUT2D eigenvalue weighted by molar-refractivity contribution is 7.16. The lowest BCUT2D eigenvalue weighted by Crippen LogP contribution is -2.23. The number of hydrogen-bond donors (Lipinski definition) is 1. The molecular formula is C26H25NO5S. The summed E-state index contributed by atoms with van der Waals surface area (Å²) in [6, 6.07) is 12.8. The van der Waals surface area contributed by atoms with Gasteiger partial charge in [0.15, 0.2) is 0 Å². The second kappa shape index (κ2) is 9.19. The van der Waals surface area contributed by atoms with Crippen LogP contribution in [0.4, 0.5) is 5.00 Å². The molecule has 0 bridgehead atoms. The summed E-state index contributed by atoms with van der Waals surface area (Å²) in [5, 5.41) is 3.32. The van der Waals surface area contributed by atoms with E-state index in [2.05, 4.69) is 5.32 Å². The average molecular weight is 464 g/mol. The van der Waals surface area contributed by atoms with Crippen molar-refractivity contribution >= 4 is 34.2 Å². The summed E-state index contributed by atoms with van der Waals surface area (Å²) >= 11 is 1.34. The number of carbonyl (C=O) groups is 3. The number of rotatable bonds is 5. The third-order valence-electron chi connectivity index (χ3n) is 5.78. The van der Waals surface area contributed by atoms with E-state index in [4.69, 9.17) is 9.47 Å². The largest absolute Gasteiger partial charge is 0.462 e. The summed E-state index contributed by atoms with van der Waals surface area (Å²) in [6.45, 7) is 7.73. The first-order valence-electron chi connectivity index (χ1n) is 10.8. The van der Waals surface area contributed by atoms with Gasteiger partial charge in [0, 0.05) is 16.9 Å². The van der Waals surface area contributed by atoms with Crippen molar-refractivity contribution in [2.45, 2.75) is 40.2 Å². The minimum Gasteiger partial charge on any atom is -0.462 e. The molecule has 0 saturated carbocycles. The second-order valence-electron chi connectivity index (χ2n) is 8.04. The van der Waals surface area contributed by atoms with Crippen LogP contribution in [0.25, 0.3) is 0 Å². The molecule has 1 N–H and O–H groups in total. The van der Waals surface area contributed by atoms with Gasteiger partial charge in [-0.3, -0.25) is 4.79 Å². The zero-order valence-corrected chi connectivity index (χ0v) is 19.8. The van der Waals surface area contributed by atoms with Gasteiger partial charge < -0.3 is 14.8 Å². The van der Waals surface area contributed by atoms with E-state index < -0.39 is 18.0 Å². The van der Waals surface area contributed by atoms with Gasteiger partial charge in [0.05, 0.1) is 17.7 Å². The van der Waals surface area contributed by atoms with Crippen molar-refractivity contribution in [3.8, 4) is 0 Å². The Balaban J connectivity index is 1.60. The van der Waals surface area contributed by atoms with Crippen LogP contribution < -0.4 is 5.32 Å². The molecule has 0 aliphatic carbocycles. The third-order valence-corrected chi connectivity index (χ3v) is 6.91. The molecule has 6 nitrogen and oxygen atoms in total. The van der Waals surface area contributed by atoms with E-state index in [-0.39, 0.29) is 12.5 Å². The highest BCUT2D eigenvalue weighted by Crippen LogP contribution is 2.34. The molecule has 3 aromatic rings. The molecule has 7 heteroatoms. The Morgan fingerprint density at radius 1 is 1.12 bits per heavy atom. The summed E-state index contributed by atoms with van der Waals surface area (Å²) < 4.78 is 10.8. The smallest absolute Gasteiger partial charge is 0.341 e. The highest BCUT2D eigenvalue weighted by atomic mass is 32.1. The summed E-state index contributed by atoms with van der Waals surface area (Å²) in [4.78, 5) is 39.0. The van der Waals surface area contributed by atoms with Gasteiger partial charge in [-0.25, -0.2) is 9.59 Å². The number of thiophene rings is 1. The molecule has 0 radical (unpaired) electrons. The van der Waals surface area contributed by atoms with Crippen LogP contribution in [0.5, 0.6) is 0 Å². The molecule has 0 unspecified atom stereocenters. The summed E-state index contributed by atoms with van der Waals surface area (Å²) in [7, 11) is 0. The van der Waals surface area contributed by atoms with Gasteiger partial charge in [-0.15, -0.1) is 11.3 Å². The van der Waals surface area contributed by atoms with Gasteiger partial charge in [-0.1, -0.05) is 29.8 Å². The fourth-order valence-corrected chi connectivity index (χ4v) is 4.89. The van der Waals surface area contributed by atoms with Crippen LogP contribution in [-0.4, -0.2) is 24.5 Å². The Morgan fingerprint density at radius 2 is 1.85 bits per heavy atom. The van der Waals surface area contributed by atoms with E-state index >= 15 is 0 Å². The zero-order valence-electron chi connectivity index (χ0n) is 19.0. The van der Waals surface area contributed by atoms with Crippen molar-refractivity contribution in [1.29, 1.82) is 0 Å². The van der Waals surface area contributed by atoms with Crippen molar-refractivity contribution in [3.63, 3.8) is 0 Å². The number of esters is 2. The monoisotopic (exact) mass is 463 g/mol. The van der Waals surface area contributed by atoms with Crippen LogP contribution in [0.3, 0.4) is 0 Å². The SMILES string of the molecule is CCOC(=O)c1c(NC(=O)c2ccc3c(c2)C[C@@H](c2ccc(C)cc2)OC3=O)sc(C)c1C. The van der Waals surface area contributed by atoms with Gasteiger partial charge in [0.1, 0.15) is 11.1 Å². The molecular weight excluding hydrogens is 438 g/mol. The molecule has 1 aliphatic rings. The van der Waals surface area contributed by atoms with Crippen molar-refractivity contribution in [2.24, 2.45) is 0 Å². The molecule has 33 heavy (non-hydrogen) atoms. The number of carbonyl (C=O) groups excluding carboxylic acids is 3. The van der Waals surface area contributed by atoms with E-state index in [1.165, 1.54) is 11.3 Å². The maximum Gasteiger partial charge on any atom is 0.341 e. The molecule has 170 valence electrons. The summed E-state index contributed by atoms with van der Waals surface area (Å²) in [5.41, 5.74) is 4.85. The highest BCUT2D eigenvalue weighted by Gasteiger charge is 2.29. The molecule has 1 aromatic heterocycles. The van der Waals surface area contributed by atoms with Crippen LogP contribution in [0, 0.1) is 20.8 Å². The first-order chi connectivity index (χ1) is 15.8. The number of nitrogens with one attached hydrogen (secondary N) is 1. The maximum absolute atomic E-state index is 13.1. The number of cyclic esters (lactones) is 1. The standard InChI is InChI=1S/C26H25NO5S/c1-5-31-26(30)22-15(3)16(4)33-24(22)27-23(28)18-10-11-20-19(12-18)13-21(32-25(20)29)17-8-6-14(2)7-9-17/h6-12,21H,5,13H2,1-4H3,(H,27,28)/t21-/m0/s1. The van der Waals surface area contributed by atoms with E-state index in [1.54, 1.807) is 25.1 Å². The summed E-state index contributed by atoms with van der Waals surface area (Å²) in [6.07, 6.45) is 0.0817. The van der Waals surface area contributed by atoms with Gasteiger partial charge in [-0.05, 0) is 62.6 Å². The number of ether oxygens (including phenoxy) is 2. The molecule has 1 atom stereocenters. The molecule has 0 spiro atoms. The predicted octanol–water partition coefficient (Wildman–Crippen LogP) is 5.56. The van der Waals surface area contributed by atoms with E-state index in [0.29, 0.717) is 28.1 Å². The fourth-order valence-electron chi connectivity index (χ4n) is 3.84. The zero-order chi connectivity index (χ0) is 23.7. The minimum atomic E-state index is -0.455. The number of amides is 1. The van der Waals surface area contributed by atoms with Crippen LogP contribution in [0.15, 0.2) is 42.5 Å². The fraction of sp³-hybridized carbons (Fsp3) is 0.269. The number of anilines is 1. The Hall–Kier alpha value is -3.45. The molecule has 2 heterocycles. The molecule has 0 fully saturated rings. The van der Waals surface area contributed by atoms with Crippen molar-refractivity contribution in [1.82, 2.24) is 0 Å². The molecule has 2 aromatic carbocycles. The van der Waals surface area contributed by atoms with Crippen LogP contribution in [0.2, 0.25) is 0 Å². The lowest BCUT2D eigenvalue weighted by Gasteiger charge is -2.25. The lowest BCUT2D eigenvalue weighted by atomic mass is 9.92. The van der Waals surface area contributed by atoms with Crippen molar-refractivity contribution in [3.05, 3.63) is 86.3 Å². The van der Waals surface area contributed by atoms with Crippen molar-refractivity contribution in [2.75, 3.05) is 11.9 Å². The van der Waals surface area contributed by atoms with Crippen molar-refractivity contribution < 1.29 is 23.9 Å². The number of aryl methyl sites for hydroxylation is 2. The van der Waals surface area contributed by atoms with Crippen LogP contribution in [0.1, 0.15) is 71.2 Å². The molecule has 1 aliphatic heterocycles. The lowest BCUT2D eigenvalue weighted by molar-refractivity contribution is 0.0252.